The third kappa shape index (κ3) is 5.10. The molecule has 144 valence electrons. The van der Waals surface area contributed by atoms with Crippen LogP contribution in [0.25, 0.3) is 0 Å². The minimum Gasteiger partial charge on any atom is -0.374 e. The second-order valence-electron chi connectivity index (χ2n) is 6.39. The molecule has 0 atom stereocenters. The number of pyridine rings is 2. The molecular formula is C22H24N4OS. The highest BCUT2D eigenvalue weighted by molar-refractivity contribution is 7.98. The van der Waals surface area contributed by atoms with E-state index in [9.17, 15) is 4.79 Å². The van der Waals surface area contributed by atoms with E-state index in [0.29, 0.717) is 11.3 Å². The van der Waals surface area contributed by atoms with Crippen molar-refractivity contribution in [1.29, 1.82) is 0 Å². The molecule has 1 N–H and O–H groups in total. The fraction of sp³-hybridized carbons (Fsp3) is 0.227. The van der Waals surface area contributed by atoms with Gasteiger partial charge in [0.25, 0.3) is 5.91 Å². The minimum absolute atomic E-state index is 0.168. The van der Waals surface area contributed by atoms with E-state index in [1.807, 2.05) is 0 Å². The molecule has 0 radical (unpaired) electrons. The standard InChI is InChI=1S/C22H24N4OS/c1-3-15-26(2)20-9-5-4-7-17(20)16-28-22-19(8-6-12-24-22)21(27)25-18-10-13-23-14-11-18/h4-14H,3,15-16H2,1-2H3,(H,23,25,27). The van der Waals surface area contributed by atoms with Crippen LogP contribution in [-0.2, 0) is 5.75 Å². The maximum Gasteiger partial charge on any atom is 0.258 e. The van der Waals surface area contributed by atoms with Gasteiger partial charge in [0.15, 0.2) is 0 Å². The lowest BCUT2D eigenvalue weighted by Gasteiger charge is -2.21. The van der Waals surface area contributed by atoms with Gasteiger partial charge in [-0.05, 0) is 42.3 Å². The summed E-state index contributed by atoms with van der Waals surface area (Å²) in [6.07, 6.45) is 6.12. The molecule has 0 unspecified atom stereocenters. The molecule has 28 heavy (non-hydrogen) atoms. The smallest absolute Gasteiger partial charge is 0.258 e. The number of para-hydroxylation sites is 1. The summed E-state index contributed by atoms with van der Waals surface area (Å²) < 4.78 is 0. The van der Waals surface area contributed by atoms with Crippen molar-refractivity contribution >= 4 is 29.0 Å². The molecule has 0 aliphatic carbocycles. The van der Waals surface area contributed by atoms with Gasteiger partial charge in [-0.1, -0.05) is 25.1 Å². The Hall–Kier alpha value is -2.86. The largest absolute Gasteiger partial charge is 0.374 e. The monoisotopic (exact) mass is 392 g/mol. The lowest BCUT2D eigenvalue weighted by Crippen LogP contribution is -2.19. The van der Waals surface area contributed by atoms with Crippen LogP contribution in [0, 0.1) is 0 Å². The van der Waals surface area contributed by atoms with Crippen LogP contribution in [0.4, 0.5) is 11.4 Å². The third-order valence-corrected chi connectivity index (χ3v) is 5.33. The number of aromatic nitrogens is 2. The van der Waals surface area contributed by atoms with Crippen LogP contribution in [-0.4, -0.2) is 29.5 Å². The van der Waals surface area contributed by atoms with Gasteiger partial charge in [-0.3, -0.25) is 9.78 Å². The molecule has 2 heterocycles. The first kappa shape index (κ1) is 19.9. The Balaban J connectivity index is 1.75. The third-order valence-electron chi connectivity index (χ3n) is 4.28. The topological polar surface area (TPSA) is 58.1 Å². The number of amides is 1. The van der Waals surface area contributed by atoms with Crippen molar-refractivity contribution in [1.82, 2.24) is 9.97 Å². The van der Waals surface area contributed by atoms with Gasteiger partial charge in [-0.25, -0.2) is 4.98 Å². The molecule has 1 aromatic carbocycles. The van der Waals surface area contributed by atoms with Gasteiger partial charge < -0.3 is 10.2 Å². The molecule has 1 amide bonds. The molecule has 0 aliphatic heterocycles. The average molecular weight is 393 g/mol. The quantitative estimate of drug-likeness (QED) is 0.554. The second kappa shape index (κ2) is 9.90. The summed E-state index contributed by atoms with van der Waals surface area (Å²) in [5, 5.41) is 3.63. The first-order valence-corrected chi connectivity index (χ1v) is 10.3. The summed E-state index contributed by atoms with van der Waals surface area (Å²) in [7, 11) is 2.11. The van der Waals surface area contributed by atoms with Crippen molar-refractivity contribution in [3.63, 3.8) is 0 Å². The molecular weight excluding hydrogens is 368 g/mol. The number of nitrogens with one attached hydrogen (secondary N) is 1. The number of carbonyl (C=O) groups is 1. The molecule has 5 nitrogen and oxygen atoms in total. The van der Waals surface area contributed by atoms with Crippen molar-refractivity contribution in [2.75, 3.05) is 23.8 Å². The molecule has 0 saturated carbocycles. The summed E-state index contributed by atoms with van der Waals surface area (Å²) in [5.41, 5.74) is 3.74. The zero-order valence-electron chi connectivity index (χ0n) is 16.1. The van der Waals surface area contributed by atoms with E-state index in [1.54, 1.807) is 54.6 Å². The van der Waals surface area contributed by atoms with E-state index < -0.39 is 0 Å². The van der Waals surface area contributed by atoms with Crippen LogP contribution in [0.3, 0.4) is 0 Å². The minimum atomic E-state index is -0.168. The number of anilines is 2. The van der Waals surface area contributed by atoms with Crippen LogP contribution in [0.2, 0.25) is 0 Å². The molecule has 3 rings (SSSR count). The van der Waals surface area contributed by atoms with Gasteiger partial charge in [-0.2, -0.15) is 0 Å². The van der Waals surface area contributed by atoms with Gasteiger partial charge in [0.2, 0.25) is 0 Å². The fourth-order valence-corrected chi connectivity index (χ4v) is 3.91. The number of carbonyl (C=O) groups excluding carboxylic acids is 1. The lowest BCUT2D eigenvalue weighted by molar-refractivity contribution is 0.102. The van der Waals surface area contributed by atoms with Crippen molar-refractivity contribution < 1.29 is 4.79 Å². The maximum absolute atomic E-state index is 12.7. The molecule has 0 saturated heterocycles. The van der Waals surface area contributed by atoms with E-state index >= 15 is 0 Å². The number of hydrogen-bond acceptors (Lipinski definition) is 5. The van der Waals surface area contributed by atoms with Crippen LogP contribution in [0.15, 0.2) is 72.1 Å². The van der Waals surface area contributed by atoms with E-state index in [4.69, 9.17) is 0 Å². The number of hydrogen-bond donors (Lipinski definition) is 1. The summed E-state index contributed by atoms with van der Waals surface area (Å²) in [4.78, 5) is 23.4. The Morgan fingerprint density at radius 1 is 1.07 bits per heavy atom. The van der Waals surface area contributed by atoms with Gasteiger partial charge >= 0.3 is 0 Å². The molecule has 0 spiro atoms. The maximum atomic E-state index is 12.7. The Morgan fingerprint density at radius 3 is 2.64 bits per heavy atom. The molecule has 0 bridgehead atoms. The van der Waals surface area contributed by atoms with Crippen molar-refractivity contribution in [3.05, 3.63) is 78.2 Å². The van der Waals surface area contributed by atoms with Gasteiger partial charge in [0, 0.05) is 49.3 Å². The first-order chi connectivity index (χ1) is 13.7. The van der Waals surface area contributed by atoms with Gasteiger partial charge in [0.05, 0.1) is 5.56 Å². The van der Waals surface area contributed by atoms with Crippen LogP contribution >= 0.6 is 11.8 Å². The number of nitrogens with zero attached hydrogens (tertiary/aromatic N) is 3. The van der Waals surface area contributed by atoms with Gasteiger partial charge in [0.1, 0.15) is 5.03 Å². The predicted molar refractivity (Wildman–Crippen MR) is 116 cm³/mol. The average Bonchev–Trinajstić information content (AvgIpc) is 2.73. The van der Waals surface area contributed by atoms with Crippen molar-refractivity contribution in [2.24, 2.45) is 0 Å². The lowest BCUT2D eigenvalue weighted by atomic mass is 10.2. The molecule has 2 aromatic heterocycles. The Labute approximate surface area is 170 Å². The summed E-state index contributed by atoms with van der Waals surface area (Å²) in [5.74, 6) is 0.578. The number of rotatable bonds is 8. The van der Waals surface area contributed by atoms with Crippen LogP contribution in [0.5, 0.6) is 0 Å². The summed E-state index contributed by atoms with van der Waals surface area (Å²) >= 11 is 1.58. The normalized spacial score (nSPS) is 10.5. The SMILES string of the molecule is CCCN(C)c1ccccc1CSc1ncccc1C(=O)Nc1ccncc1. The van der Waals surface area contributed by atoms with Crippen molar-refractivity contribution in [2.45, 2.75) is 24.1 Å². The first-order valence-electron chi connectivity index (χ1n) is 9.27. The Bertz CT molecular complexity index is 917. The number of benzene rings is 1. The Kier molecular flexibility index (Phi) is 7.03. The van der Waals surface area contributed by atoms with Crippen molar-refractivity contribution in [3.8, 4) is 0 Å². The summed E-state index contributed by atoms with van der Waals surface area (Å²) in [6, 6.07) is 15.5. The highest BCUT2D eigenvalue weighted by Crippen LogP contribution is 2.29. The van der Waals surface area contributed by atoms with E-state index in [1.165, 1.54) is 11.3 Å². The highest BCUT2D eigenvalue weighted by Gasteiger charge is 2.14. The van der Waals surface area contributed by atoms with Gasteiger partial charge in [-0.15, -0.1) is 11.8 Å². The predicted octanol–water partition coefficient (Wildman–Crippen LogP) is 4.87. The molecule has 6 heteroatoms. The molecule has 0 fully saturated rings. The van der Waals surface area contributed by atoms with Crippen LogP contribution in [0.1, 0.15) is 29.3 Å². The van der Waals surface area contributed by atoms with E-state index in [-0.39, 0.29) is 5.91 Å². The summed E-state index contributed by atoms with van der Waals surface area (Å²) in [6.45, 7) is 3.18. The zero-order valence-corrected chi connectivity index (χ0v) is 16.9. The Morgan fingerprint density at radius 2 is 1.86 bits per heavy atom. The second-order valence-corrected chi connectivity index (χ2v) is 7.35. The molecule has 0 aliphatic rings. The van der Waals surface area contributed by atoms with E-state index in [0.717, 1.165) is 23.7 Å². The van der Waals surface area contributed by atoms with E-state index in [2.05, 4.69) is 58.4 Å². The molecule has 3 aromatic rings. The van der Waals surface area contributed by atoms with Crippen LogP contribution < -0.4 is 10.2 Å². The highest BCUT2D eigenvalue weighted by atomic mass is 32.2. The zero-order chi connectivity index (χ0) is 19.8. The fourth-order valence-electron chi connectivity index (χ4n) is 2.92. The number of thioether (sulfide) groups is 1.